The zero-order chi connectivity index (χ0) is 12.5. The summed E-state index contributed by atoms with van der Waals surface area (Å²) in [6.07, 6.45) is -0.818. The predicted molar refractivity (Wildman–Crippen MR) is 55.7 cm³/mol. The first-order valence-corrected chi connectivity index (χ1v) is 5.12. The molecule has 1 fully saturated rings. The molecule has 5 nitrogen and oxygen atoms in total. The van der Waals surface area contributed by atoms with E-state index >= 15 is 0 Å². The minimum atomic E-state index is -1.94. The van der Waals surface area contributed by atoms with E-state index in [1.165, 1.54) is 23.9 Å². The molecule has 0 atom stereocenters. The van der Waals surface area contributed by atoms with Crippen LogP contribution in [0.25, 0.3) is 0 Å². The van der Waals surface area contributed by atoms with Crippen molar-refractivity contribution in [2.24, 2.45) is 0 Å². The van der Waals surface area contributed by atoms with E-state index in [1.807, 2.05) is 0 Å². The Morgan fingerprint density at radius 1 is 1.38 bits per heavy atom. The number of hydrogen-bond donors (Lipinski definition) is 0. The maximum absolute atomic E-state index is 13.9. The molecule has 16 heavy (non-hydrogen) atoms. The summed E-state index contributed by atoms with van der Waals surface area (Å²) < 4.78 is 18.7. The van der Waals surface area contributed by atoms with Crippen LogP contribution in [0.2, 0.25) is 0 Å². The Bertz CT molecular complexity index is 298. The molecule has 0 aliphatic carbocycles. The highest BCUT2D eigenvalue weighted by Crippen LogP contribution is 2.27. The number of nitrogens with zero attached hydrogens (tertiary/aromatic N) is 2. The van der Waals surface area contributed by atoms with Crippen LogP contribution in [-0.2, 0) is 9.53 Å². The fourth-order valence-corrected chi connectivity index (χ4v) is 1.50. The number of alkyl halides is 1. The zero-order valence-electron chi connectivity index (χ0n) is 9.99. The molecule has 1 saturated heterocycles. The van der Waals surface area contributed by atoms with Gasteiger partial charge in [-0.1, -0.05) is 0 Å². The minimum Gasteiger partial charge on any atom is -0.447 e. The van der Waals surface area contributed by atoms with E-state index in [0.717, 1.165) is 0 Å². The Labute approximate surface area is 94.1 Å². The molecular weight excluding hydrogens is 215 g/mol. The lowest BCUT2D eigenvalue weighted by molar-refractivity contribution is -0.152. The van der Waals surface area contributed by atoms with Crippen LogP contribution < -0.4 is 0 Å². The minimum absolute atomic E-state index is 0.227. The molecule has 0 aromatic carbocycles. The summed E-state index contributed by atoms with van der Waals surface area (Å²) in [7, 11) is 2.97. The van der Waals surface area contributed by atoms with Crippen LogP contribution in [0.15, 0.2) is 0 Å². The number of carbonyl (C=O) groups excluding carboxylic acids is 2. The normalized spacial score (nSPS) is 18.0. The van der Waals surface area contributed by atoms with Gasteiger partial charge in [0.25, 0.3) is 5.91 Å². The molecule has 0 N–H and O–H groups in total. The second kappa shape index (κ2) is 4.27. The number of ether oxygens (including phenoxy) is 1. The second-order valence-corrected chi connectivity index (χ2v) is 4.45. The van der Waals surface area contributed by atoms with Gasteiger partial charge < -0.3 is 14.5 Å². The van der Waals surface area contributed by atoms with E-state index < -0.39 is 17.7 Å². The molecule has 92 valence electrons. The van der Waals surface area contributed by atoms with Crippen molar-refractivity contribution in [2.45, 2.75) is 25.6 Å². The second-order valence-electron chi connectivity index (χ2n) is 4.45. The van der Waals surface area contributed by atoms with Crippen molar-refractivity contribution in [2.75, 3.05) is 27.2 Å². The van der Waals surface area contributed by atoms with Gasteiger partial charge >= 0.3 is 6.09 Å². The monoisotopic (exact) mass is 232 g/mol. The highest BCUT2D eigenvalue weighted by Gasteiger charge is 2.53. The molecule has 0 saturated carbocycles. The van der Waals surface area contributed by atoms with Crippen LogP contribution in [-0.4, -0.2) is 60.8 Å². The number of hydrogen-bond acceptors (Lipinski definition) is 3. The zero-order valence-corrected chi connectivity index (χ0v) is 9.99. The largest absolute Gasteiger partial charge is 0.447 e. The lowest BCUT2D eigenvalue weighted by atomic mass is 9.95. The molecule has 1 heterocycles. The Morgan fingerprint density at radius 3 is 2.25 bits per heavy atom. The van der Waals surface area contributed by atoms with Gasteiger partial charge in [-0.3, -0.25) is 4.79 Å². The fourth-order valence-electron chi connectivity index (χ4n) is 1.50. The molecule has 0 radical (unpaired) electrons. The third kappa shape index (κ3) is 2.43. The first kappa shape index (κ1) is 12.7. The van der Waals surface area contributed by atoms with Crippen LogP contribution in [0.1, 0.15) is 13.8 Å². The summed E-state index contributed by atoms with van der Waals surface area (Å²) in [5.74, 6) is -0.610. The molecule has 0 aromatic rings. The summed E-state index contributed by atoms with van der Waals surface area (Å²) >= 11 is 0. The number of amides is 2. The topological polar surface area (TPSA) is 49.9 Å². The summed E-state index contributed by atoms with van der Waals surface area (Å²) in [6.45, 7) is 2.97. The highest BCUT2D eigenvalue weighted by molar-refractivity contribution is 5.88. The van der Waals surface area contributed by atoms with Gasteiger partial charge in [-0.05, 0) is 13.8 Å². The predicted octanol–water partition coefficient (Wildman–Crippen LogP) is 0.643. The van der Waals surface area contributed by atoms with Crippen LogP contribution in [0, 0.1) is 0 Å². The lowest BCUT2D eigenvalue weighted by Crippen LogP contribution is -2.67. The van der Waals surface area contributed by atoms with Crippen molar-refractivity contribution in [1.82, 2.24) is 9.80 Å². The SMILES string of the molecule is CC(C)OC(=O)N1CC(F)(C(=O)N(C)C)C1. The molecule has 0 bridgehead atoms. The number of carbonyl (C=O) groups is 2. The Balaban J connectivity index is 2.48. The maximum Gasteiger partial charge on any atom is 0.410 e. The number of halogens is 1. The molecule has 6 heteroatoms. The highest BCUT2D eigenvalue weighted by atomic mass is 19.1. The van der Waals surface area contributed by atoms with Gasteiger partial charge in [-0.15, -0.1) is 0 Å². The molecule has 1 aliphatic rings. The van der Waals surface area contributed by atoms with E-state index in [1.54, 1.807) is 13.8 Å². The molecular formula is C10H17FN2O3. The van der Waals surface area contributed by atoms with Crippen molar-refractivity contribution in [3.63, 3.8) is 0 Å². The van der Waals surface area contributed by atoms with Gasteiger partial charge in [0.05, 0.1) is 19.2 Å². The third-order valence-corrected chi connectivity index (χ3v) is 2.27. The van der Waals surface area contributed by atoms with Crippen LogP contribution >= 0.6 is 0 Å². The molecule has 0 aromatic heterocycles. The van der Waals surface area contributed by atoms with E-state index in [-0.39, 0.29) is 19.2 Å². The van der Waals surface area contributed by atoms with E-state index in [4.69, 9.17) is 4.74 Å². The number of rotatable bonds is 2. The van der Waals surface area contributed by atoms with E-state index in [9.17, 15) is 14.0 Å². The van der Waals surface area contributed by atoms with Gasteiger partial charge in [0, 0.05) is 14.1 Å². The summed E-state index contributed by atoms with van der Waals surface area (Å²) in [5, 5.41) is 0. The van der Waals surface area contributed by atoms with Crippen molar-refractivity contribution < 1.29 is 18.7 Å². The van der Waals surface area contributed by atoms with Gasteiger partial charge in [-0.2, -0.15) is 0 Å². The lowest BCUT2D eigenvalue weighted by Gasteiger charge is -2.43. The van der Waals surface area contributed by atoms with Gasteiger partial charge in [0.2, 0.25) is 5.67 Å². The van der Waals surface area contributed by atoms with Crippen LogP contribution in [0.5, 0.6) is 0 Å². The standard InChI is InChI=1S/C10H17FN2O3/c1-7(2)16-9(15)13-5-10(11,6-13)8(14)12(3)4/h7H,5-6H2,1-4H3. The average molecular weight is 232 g/mol. The maximum atomic E-state index is 13.9. The Morgan fingerprint density at radius 2 is 1.88 bits per heavy atom. The Kier molecular flexibility index (Phi) is 3.40. The number of likely N-dealkylation sites (tertiary alicyclic amines) is 1. The third-order valence-electron chi connectivity index (χ3n) is 2.27. The fraction of sp³-hybridized carbons (Fsp3) is 0.800. The summed E-state index contributed by atoms with van der Waals surface area (Å²) in [6, 6.07) is 0. The van der Waals surface area contributed by atoms with E-state index in [2.05, 4.69) is 0 Å². The van der Waals surface area contributed by atoms with Crippen molar-refractivity contribution in [1.29, 1.82) is 0 Å². The summed E-state index contributed by atoms with van der Waals surface area (Å²) in [5.41, 5.74) is -1.94. The molecule has 1 aliphatic heterocycles. The van der Waals surface area contributed by atoms with E-state index in [0.29, 0.717) is 0 Å². The quantitative estimate of drug-likeness (QED) is 0.702. The van der Waals surface area contributed by atoms with Gasteiger partial charge in [0.1, 0.15) is 0 Å². The summed E-state index contributed by atoms with van der Waals surface area (Å²) in [4.78, 5) is 25.1. The van der Waals surface area contributed by atoms with Crippen LogP contribution in [0.4, 0.5) is 9.18 Å². The van der Waals surface area contributed by atoms with Crippen molar-refractivity contribution >= 4 is 12.0 Å². The van der Waals surface area contributed by atoms with Crippen molar-refractivity contribution in [3.05, 3.63) is 0 Å². The Hall–Kier alpha value is -1.33. The first-order chi connectivity index (χ1) is 7.26. The van der Waals surface area contributed by atoms with Crippen LogP contribution in [0.3, 0.4) is 0 Å². The van der Waals surface area contributed by atoms with Gasteiger partial charge in [0.15, 0.2) is 0 Å². The molecule has 2 amide bonds. The molecule has 1 rings (SSSR count). The first-order valence-electron chi connectivity index (χ1n) is 5.12. The van der Waals surface area contributed by atoms with Gasteiger partial charge in [-0.25, -0.2) is 9.18 Å². The average Bonchev–Trinajstić information content (AvgIpc) is 2.10. The van der Waals surface area contributed by atoms with Crippen molar-refractivity contribution in [3.8, 4) is 0 Å². The molecule has 0 unspecified atom stereocenters. The smallest absolute Gasteiger partial charge is 0.410 e. The molecule has 0 spiro atoms.